The molecule has 1 unspecified atom stereocenters. The molecule has 35 heavy (non-hydrogen) atoms. The number of hydrogen-bond acceptors (Lipinski definition) is 5. The zero-order valence-electron chi connectivity index (χ0n) is 20.2. The Kier molecular flexibility index (Phi) is 7.31. The van der Waals surface area contributed by atoms with Crippen molar-refractivity contribution in [1.82, 2.24) is 5.32 Å². The maximum absolute atomic E-state index is 13.6. The lowest BCUT2D eigenvalue weighted by atomic mass is 9.97. The minimum atomic E-state index is -4.02. The van der Waals surface area contributed by atoms with E-state index in [1.165, 1.54) is 12.1 Å². The molecule has 0 saturated carbocycles. The number of aryl methyl sites for hydroxylation is 2. The van der Waals surface area contributed by atoms with Crippen LogP contribution in [0.5, 0.6) is 11.5 Å². The molecule has 184 valence electrons. The van der Waals surface area contributed by atoms with Crippen LogP contribution in [-0.2, 0) is 14.8 Å². The van der Waals surface area contributed by atoms with Crippen molar-refractivity contribution < 1.29 is 22.7 Å². The van der Waals surface area contributed by atoms with Crippen LogP contribution in [0.1, 0.15) is 36.1 Å². The highest BCUT2D eigenvalue weighted by atomic mass is 32.2. The average Bonchev–Trinajstić information content (AvgIpc) is 2.86. The molecule has 0 fully saturated rings. The maximum atomic E-state index is 13.6. The molecule has 0 aliphatic carbocycles. The number of hydrogen-bond donors (Lipinski definition) is 1. The number of carbonyl (C=O) groups is 1. The fraction of sp³-hybridized carbons (Fsp3) is 0.296. The highest BCUT2D eigenvalue weighted by Gasteiger charge is 2.29. The molecule has 7 nitrogen and oxygen atoms in total. The Hall–Kier alpha value is -3.52. The third-order valence-corrected chi connectivity index (χ3v) is 7.76. The van der Waals surface area contributed by atoms with E-state index in [-0.39, 0.29) is 17.5 Å². The van der Waals surface area contributed by atoms with Crippen LogP contribution in [0, 0.1) is 13.8 Å². The molecule has 3 aromatic rings. The van der Waals surface area contributed by atoms with Gasteiger partial charge in [-0.15, -0.1) is 0 Å². The lowest BCUT2D eigenvalue weighted by Gasteiger charge is -2.27. The molecule has 0 aromatic heterocycles. The maximum Gasteiger partial charge on any atom is 0.264 e. The van der Waals surface area contributed by atoms with Crippen LogP contribution in [0.2, 0.25) is 0 Å². The monoisotopic (exact) mass is 494 g/mol. The Bertz CT molecular complexity index is 1310. The van der Waals surface area contributed by atoms with E-state index >= 15 is 0 Å². The van der Waals surface area contributed by atoms with Gasteiger partial charge in [0.05, 0.1) is 16.6 Å². The highest BCUT2D eigenvalue weighted by Crippen LogP contribution is 2.35. The van der Waals surface area contributed by atoms with Gasteiger partial charge >= 0.3 is 0 Å². The van der Waals surface area contributed by atoms with E-state index in [1.54, 1.807) is 36.4 Å². The van der Waals surface area contributed by atoms with Crippen molar-refractivity contribution in [3.05, 3.63) is 83.4 Å². The molecule has 0 radical (unpaired) electrons. The topological polar surface area (TPSA) is 84.9 Å². The van der Waals surface area contributed by atoms with Crippen LogP contribution in [0.4, 0.5) is 5.69 Å². The number of nitrogens with one attached hydrogen (secondary N) is 1. The minimum Gasteiger partial charge on any atom is -0.486 e. The summed E-state index contributed by atoms with van der Waals surface area (Å²) in [6, 6.07) is 18.9. The van der Waals surface area contributed by atoms with Gasteiger partial charge in [-0.3, -0.25) is 9.10 Å². The molecule has 1 amide bonds. The molecular weight excluding hydrogens is 464 g/mol. The Morgan fingerprint density at radius 1 is 0.971 bits per heavy atom. The van der Waals surface area contributed by atoms with E-state index in [2.05, 4.69) is 11.4 Å². The fourth-order valence-corrected chi connectivity index (χ4v) is 5.64. The van der Waals surface area contributed by atoms with Gasteiger partial charge in [-0.2, -0.15) is 0 Å². The molecular formula is C27H30N2O5S. The summed E-state index contributed by atoms with van der Waals surface area (Å²) < 4.78 is 39.6. The van der Waals surface area contributed by atoms with Crippen LogP contribution in [0.15, 0.2) is 71.6 Å². The first-order valence-electron chi connectivity index (χ1n) is 11.6. The van der Waals surface area contributed by atoms with Gasteiger partial charge in [-0.1, -0.05) is 48.9 Å². The summed E-state index contributed by atoms with van der Waals surface area (Å²) in [5.74, 6) is 0.595. The number of anilines is 1. The van der Waals surface area contributed by atoms with Crippen LogP contribution in [0.25, 0.3) is 0 Å². The van der Waals surface area contributed by atoms with Crippen molar-refractivity contribution in [1.29, 1.82) is 0 Å². The van der Waals surface area contributed by atoms with Crippen LogP contribution in [-0.4, -0.2) is 34.1 Å². The zero-order chi connectivity index (χ0) is 25.0. The first-order valence-corrected chi connectivity index (χ1v) is 13.1. The molecule has 1 aliphatic heterocycles. The molecule has 1 atom stereocenters. The largest absolute Gasteiger partial charge is 0.486 e. The minimum absolute atomic E-state index is 0.101. The predicted molar refractivity (Wildman–Crippen MR) is 135 cm³/mol. The molecule has 4 rings (SSSR count). The zero-order valence-corrected chi connectivity index (χ0v) is 21.0. The van der Waals surface area contributed by atoms with Gasteiger partial charge in [0.2, 0.25) is 5.91 Å². The summed E-state index contributed by atoms with van der Waals surface area (Å²) in [6.07, 6.45) is 0.672. The van der Waals surface area contributed by atoms with E-state index in [1.807, 2.05) is 32.9 Å². The lowest BCUT2D eigenvalue weighted by molar-refractivity contribution is -0.120. The highest BCUT2D eigenvalue weighted by molar-refractivity contribution is 7.92. The van der Waals surface area contributed by atoms with Crippen LogP contribution >= 0.6 is 0 Å². The summed E-state index contributed by atoms with van der Waals surface area (Å²) in [7, 11) is -4.02. The normalized spacial score (nSPS) is 13.7. The van der Waals surface area contributed by atoms with Crippen LogP contribution < -0.4 is 19.1 Å². The van der Waals surface area contributed by atoms with Gasteiger partial charge in [0.25, 0.3) is 10.0 Å². The second-order valence-corrected chi connectivity index (χ2v) is 10.4. The van der Waals surface area contributed by atoms with Crippen molar-refractivity contribution in [2.45, 2.75) is 38.1 Å². The molecule has 1 heterocycles. The van der Waals surface area contributed by atoms with Crippen molar-refractivity contribution in [2.24, 2.45) is 0 Å². The molecule has 0 bridgehead atoms. The summed E-state index contributed by atoms with van der Waals surface area (Å²) in [5, 5.41) is 3.03. The fourth-order valence-electron chi connectivity index (χ4n) is 4.21. The van der Waals surface area contributed by atoms with Gasteiger partial charge in [-0.25, -0.2) is 8.42 Å². The van der Waals surface area contributed by atoms with E-state index in [9.17, 15) is 13.2 Å². The Morgan fingerprint density at radius 2 is 1.69 bits per heavy atom. The third-order valence-electron chi connectivity index (χ3n) is 5.98. The molecule has 0 saturated heterocycles. The van der Waals surface area contributed by atoms with E-state index < -0.39 is 15.9 Å². The number of sulfonamides is 1. The van der Waals surface area contributed by atoms with Gasteiger partial charge in [-0.05, 0) is 55.7 Å². The first kappa shape index (κ1) is 24.6. The van der Waals surface area contributed by atoms with Gasteiger partial charge < -0.3 is 14.8 Å². The average molecular weight is 495 g/mol. The Balaban J connectivity index is 1.65. The molecule has 0 spiro atoms. The standard InChI is InChI=1S/C27H30N2O5S/c1-4-24(23-12-10-19(2)16-20(23)3)28-27(30)18-29(35(31,32)22-8-6-5-7-9-22)21-11-13-25-26(17-21)34-15-14-33-25/h5-13,16-17,24H,4,14-15,18H2,1-3H3,(H,28,30). The number of benzene rings is 3. The third kappa shape index (κ3) is 5.43. The van der Waals surface area contributed by atoms with Crippen molar-refractivity contribution >= 4 is 21.6 Å². The summed E-state index contributed by atoms with van der Waals surface area (Å²) in [5.41, 5.74) is 3.57. The second kappa shape index (κ2) is 10.4. The number of nitrogens with zero attached hydrogens (tertiary/aromatic N) is 1. The van der Waals surface area contributed by atoms with Gasteiger partial charge in [0.15, 0.2) is 11.5 Å². The quantitative estimate of drug-likeness (QED) is 0.497. The summed E-state index contributed by atoms with van der Waals surface area (Å²) >= 11 is 0. The first-order chi connectivity index (χ1) is 16.8. The second-order valence-electron chi connectivity index (χ2n) is 8.54. The van der Waals surface area contributed by atoms with Crippen LogP contribution in [0.3, 0.4) is 0 Å². The number of carbonyl (C=O) groups excluding carboxylic acids is 1. The summed E-state index contributed by atoms with van der Waals surface area (Å²) in [4.78, 5) is 13.3. The van der Waals surface area contributed by atoms with Gasteiger partial charge in [0, 0.05) is 6.07 Å². The Morgan fingerprint density at radius 3 is 2.37 bits per heavy atom. The van der Waals surface area contributed by atoms with Crippen molar-refractivity contribution in [3.63, 3.8) is 0 Å². The van der Waals surface area contributed by atoms with E-state index in [4.69, 9.17) is 9.47 Å². The number of fused-ring (bicyclic) bond motifs is 1. The van der Waals surface area contributed by atoms with Crippen molar-refractivity contribution in [3.8, 4) is 11.5 Å². The number of ether oxygens (including phenoxy) is 2. The SMILES string of the molecule is CCC(NC(=O)CN(c1ccc2c(c1)OCCO2)S(=O)(=O)c1ccccc1)c1ccc(C)cc1C. The van der Waals surface area contributed by atoms with Crippen molar-refractivity contribution in [2.75, 3.05) is 24.1 Å². The lowest BCUT2D eigenvalue weighted by Crippen LogP contribution is -2.42. The number of rotatable bonds is 8. The molecule has 1 N–H and O–H groups in total. The van der Waals surface area contributed by atoms with E-state index in [0.717, 1.165) is 21.0 Å². The number of amides is 1. The van der Waals surface area contributed by atoms with E-state index in [0.29, 0.717) is 36.8 Å². The predicted octanol–water partition coefficient (Wildman–Crippen LogP) is 4.54. The molecule has 1 aliphatic rings. The molecule has 8 heteroatoms. The molecule has 3 aromatic carbocycles. The smallest absolute Gasteiger partial charge is 0.264 e. The Labute approximate surface area is 206 Å². The van der Waals surface area contributed by atoms with Gasteiger partial charge in [0.1, 0.15) is 19.8 Å². The summed E-state index contributed by atoms with van der Waals surface area (Å²) in [6.45, 7) is 6.45.